The molecule has 0 spiro atoms. The molecule has 0 saturated heterocycles. The largest absolute Gasteiger partial charge is 0.491 e. The molecule has 0 radical (unpaired) electrons. The molecule has 0 aliphatic carbocycles. The van der Waals surface area contributed by atoms with Gasteiger partial charge in [-0.1, -0.05) is 36.7 Å². The van der Waals surface area contributed by atoms with Crippen molar-refractivity contribution in [3.63, 3.8) is 0 Å². The maximum Gasteiger partial charge on any atom is 0.254 e. The number of carbonyl (C=O) groups excluding carboxylic acids is 2. The van der Waals surface area contributed by atoms with Crippen molar-refractivity contribution >= 4 is 34.8 Å². The number of carbonyl (C=O) groups is 2. The van der Waals surface area contributed by atoms with E-state index in [4.69, 9.17) is 16.3 Å². The molecule has 2 aromatic carbocycles. The van der Waals surface area contributed by atoms with E-state index >= 15 is 0 Å². The summed E-state index contributed by atoms with van der Waals surface area (Å²) >= 11 is 7.70. The average molecular weight is 483 g/mol. The standard InChI is InChI=1S/C26H27ClN2O3S/c1-2-14-28(26(31)19-6-4-3-5-7-19)17-25(30)29-15-12-24-22(13-16-33-24)23(29)18-32-21-10-8-20(27)9-11-21/h3-11,13,16,23H,2,12,14-15,17-18H2,1H3/t23-/m0/s1. The predicted molar refractivity (Wildman–Crippen MR) is 132 cm³/mol. The van der Waals surface area contributed by atoms with Gasteiger partial charge in [-0.25, -0.2) is 0 Å². The molecule has 2 heterocycles. The van der Waals surface area contributed by atoms with Crippen LogP contribution in [0.1, 0.15) is 40.2 Å². The number of fused-ring (bicyclic) bond motifs is 1. The first-order valence-electron chi connectivity index (χ1n) is 11.1. The Kier molecular flexibility index (Phi) is 7.68. The minimum absolute atomic E-state index is 0.0541. The van der Waals surface area contributed by atoms with E-state index in [9.17, 15) is 9.59 Å². The van der Waals surface area contributed by atoms with Crippen molar-refractivity contribution in [2.24, 2.45) is 0 Å². The van der Waals surface area contributed by atoms with Crippen molar-refractivity contribution < 1.29 is 14.3 Å². The third-order valence-electron chi connectivity index (χ3n) is 5.76. The van der Waals surface area contributed by atoms with E-state index in [1.165, 1.54) is 4.88 Å². The summed E-state index contributed by atoms with van der Waals surface area (Å²) in [7, 11) is 0. The van der Waals surface area contributed by atoms with Crippen LogP contribution >= 0.6 is 22.9 Å². The van der Waals surface area contributed by atoms with Gasteiger partial charge < -0.3 is 14.5 Å². The fourth-order valence-electron chi connectivity index (χ4n) is 4.12. The van der Waals surface area contributed by atoms with Crippen LogP contribution in [0.5, 0.6) is 5.75 Å². The number of thiophene rings is 1. The molecule has 0 saturated carbocycles. The Hall–Kier alpha value is -2.83. The lowest BCUT2D eigenvalue weighted by Crippen LogP contribution is -2.48. The van der Waals surface area contributed by atoms with Crippen molar-refractivity contribution in [3.05, 3.63) is 87.1 Å². The molecule has 0 fully saturated rings. The second-order valence-electron chi connectivity index (χ2n) is 8.01. The third-order valence-corrected chi connectivity index (χ3v) is 7.01. The van der Waals surface area contributed by atoms with Crippen LogP contribution in [-0.4, -0.2) is 47.9 Å². The molecule has 1 aliphatic heterocycles. The van der Waals surface area contributed by atoms with Gasteiger partial charge in [0.2, 0.25) is 5.91 Å². The van der Waals surface area contributed by atoms with Gasteiger partial charge in [0, 0.05) is 28.6 Å². The van der Waals surface area contributed by atoms with E-state index in [2.05, 4.69) is 11.4 Å². The molecule has 33 heavy (non-hydrogen) atoms. The predicted octanol–water partition coefficient (Wildman–Crippen LogP) is 5.46. The highest BCUT2D eigenvalue weighted by atomic mass is 35.5. The summed E-state index contributed by atoms with van der Waals surface area (Å²) in [6.07, 6.45) is 1.60. The Morgan fingerprint density at radius 2 is 1.88 bits per heavy atom. The van der Waals surface area contributed by atoms with E-state index < -0.39 is 0 Å². The molecule has 0 bridgehead atoms. The number of hydrogen-bond donors (Lipinski definition) is 0. The van der Waals surface area contributed by atoms with E-state index in [0.717, 1.165) is 18.4 Å². The first kappa shape index (κ1) is 23.3. The smallest absolute Gasteiger partial charge is 0.254 e. The molecule has 7 heteroatoms. The van der Waals surface area contributed by atoms with Crippen LogP contribution in [0.2, 0.25) is 5.02 Å². The molecule has 5 nitrogen and oxygen atoms in total. The zero-order valence-corrected chi connectivity index (χ0v) is 20.1. The van der Waals surface area contributed by atoms with Gasteiger partial charge in [-0.2, -0.15) is 0 Å². The molecule has 2 amide bonds. The molecular weight excluding hydrogens is 456 g/mol. The number of rotatable bonds is 8. The highest BCUT2D eigenvalue weighted by molar-refractivity contribution is 7.10. The second kappa shape index (κ2) is 10.9. The normalized spacial score (nSPS) is 15.1. The summed E-state index contributed by atoms with van der Waals surface area (Å²) in [4.78, 5) is 31.3. The van der Waals surface area contributed by atoms with E-state index in [1.54, 1.807) is 40.5 Å². The molecule has 172 valence electrons. The van der Waals surface area contributed by atoms with Crippen LogP contribution in [0.25, 0.3) is 0 Å². The topological polar surface area (TPSA) is 49.9 Å². The van der Waals surface area contributed by atoms with Crippen LogP contribution in [-0.2, 0) is 11.2 Å². The monoisotopic (exact) mass is 482 g/mol. The van der Waals surface area contributed by atoms with Gasteiger partial charge in [-0.15, -0.1) is 11.3 Å². The Bertz CT molecular complexity index is 1080. The minimum Gasteiger partial charge on any atom is -0.491 e. The molecule has 1 aliphatic rings. The van der Waals surface area contributed by atoms with Crippen LogP contribution < -0.4 is 4.74 Å². The summed E-state index contributed by atoms with van der Waals surface area (Å²) in [5, 5.41) is 2.71. The van der Waals surface area contributed by atoms with Gasteiger partial charge in [-0.05, 0) is 66.2 Å². The molecule has 0 N–H and O–H groups in total. The van der Waals surface area contributed by atoms with Crippen LogP contribution in [0.15, 0.2) is 66.0 Å². The number of halogens is 1. The summed E-state index contributed by atoms with van der Waals surface area (Å²) in [5.41, 5.74) is 1.73. The van der Waals surface area contributed by atoms with Crippen LogP contribution in [0.4, 0.5) is 0 Å². The molecular formula is C26H27ClN2O3S. The lowest BCUT2D eigenvalue weighted by atomic mass is 10.0. The lowest BCUT2D eigenvalue weighted by molar-refractivity contribution is -0.135. The van der Waals surface area contributed by atoms with Gasteiger partial charge in [0.25, 0.3) is 5.91 Å². The molecule has 4 rings (SSSR count). The Balaban J connectivity index is 1.51. The van der Waals surface area contributed by atoms with Crippen LogP contribution in [0.3, 0.4) is 0 Å². The maximum atomic E-state index is 13.5. The quantitative estimate of drug-likeness (QED) is 0.428. The molecule has 0 unspecified atom stereocenters. The highest BCUT2D eigenvalue weighted by Gasteiger charge is 2.33. The Labute approximate surface area is 203 Å². The van der Waals surface area contributed by atoms with Crippen molar-refractivity contribution in [2.75, 3.05) is 26.2 Å². The Morgan fingerprint density at radius 3 is 2.61 bits per heavy atom. The van der Waals surface area contributed by atoms with Crippen molar-refractivity contribution in [1.82, 2.24) is 9.80 Å². The maximum absolute atomic E-state index is 13.5. The molecule has 1 aromatic heterocycles. The van der Waals surface area contributed by atoms with Gasteiger partial charge in [0.1, 0.15) is 18.9 Å². The summed E-state index contributed by atoms with van der Waals surface area (Å²) in [5.74, 6) is 0.531. The first-order valence-corrected chi connectivity index (χ1v) is 12.4. The average Bonchev–Trinajstić information content (AvgIpc) is 3.32. The summed E-state index contributed by atoms with van der Waals surface area (Å²) < 4.78 is 6.05. The molecule has 3 aromatic rings. The SMILES string of the molecule is CCCN(CC(=O)N1CCc2sccc2[C@@H]1COc1ccc(Cl)cc1)C(=O)c1ccccc1. The molecule has 1 atom stereocenters. The number of amides is 2. The second-order valence-corrected chi connectivity index (χ2v) is 9.45. The highest BCUT2D eigenvalue weighted by Crippen LogP contribution is 2.34. The minimum atomic E-state index is -0.196. The van der Waals surface area contributed by atoms with Crippen molar-refractivity contribution in [1.29, 1.82) is 0 Å². The zero-order chi connectivity index (χ0) is 23.2. The number of nitrogens with zero attached hydrogens (tertiary/aromatic N) is 2. The number of ether oxygens (including phenoxy) is 1. The summed E-state index contributed by atoms with van der Waals surface area (Å²) in [6, 6.07) is 18.2. The van der Waals surface area contributed by atoms with E-state index in [1.807, 2.05) is 42.2 Å². The Morgan fingerprint density at radius 1 is 1.12 bits per heavy atom. The van der Waals surface area contributed by atoms with Gasteiger partial charge in [-0.3, -0.25) is 9.59 Å². The number of benzene rings is 2. The van der Waals surface area contributed by atoms with E-state index in [0.29, 0.717) is 36.0 Å². The van der Waals surface area contributed by atoms with Crippen molar-refractivity contribution in [3.8, 4) is 5.75 Å². The van der Waals surface area contributed by atoms with Crippen LogP contribution in [0, 0.1) is 0 Å². The van der Waals surface area contributed by atoms with Crippen molar-refractivity contribution in [2.45, 2.75) is 25.8 Å². The first-order chi connectivity index (χ1) is 16.1. The van der Waals surface area contributed by atoms with Gasteiger partial charge >= 0.3 is 0 Å². The fourth-order valence-corrected chi connectivity index (χ4v) is 5.17. The lowest BCUT2D eigenvalue weighted by Gasteiger charge is -2.37. The van der Waals surface area contributed by atoms with Gasteiger partial charge in [0.05, 0.1) is 6.04 Å². The summed E-state index contributed by atoms with van der Waals surface area (Å²) in [6.45, 7) is 3.55. The van der Waals surface area contributed by atoms with Gasteiger partial charge in [0.15, 0.2) is 0 Å². The zero-order valence-electron chi connectivity index (χ0n) is 18.6. The number of hydrogen-bond acceptors (Lipinski definition) is 4. The fraction of sp³-hybridized carbons (Fsp3) is 0.308. The third kappa shape index (κ3) is 5.57. The van der Waals surface area contributed by atoms with E-state index in [-0.39, 0.29) is 24.4 Å².